The summed E-state index contributed by atoms with van der Waals surface area (Å²) < 4.78 is 13.7. The van der Waals surface area contributed by atoms with E-state index in [-0.39, 0.29) is 5.82 Å². The van der Waals surface area contributed by atoms with Crippen molar-refractivity contribution in [2.75, 3.05) is 19.6 Å². The van der Waals surface area contributed by atoms with Crippen molar-refractivity contribution < 1.29 is 4.39 Å². The number of benzene rings is 1. The highest BCUT2D eigenvalue weighted by molar-refractivity contribution is 5.17. The lowest BCUT2D eigenvalue weighted by atomic mass is 10.1. The molecule has 2 aliphatic rings. The zero-order chi connectivity index (χ0) is 12.5. The van der Waals surface area contributed by atoms with Crippen molar-refractivity contribution in [1.29, 1.82) is 0 Å². The minimum Gasteiger partial charge on any atom is -0.298 e. The van der Waals surface area contributed by atoms with Gasteiger partial charge in [-0.15, -0.1) is 0 Å². The van der Waals surface area contributed by atoms with Crippen LogP contribution in [0.3, 0.4) is 0 Å². The SMILES string of the molecule is CC1CN2CCCC2CN1Cc1ccccc1F. The van der Waals surface area contributed by atoms with Crippen molar-refractivity contribution in [3.05, 3.63) is 35.6 Å². The van der Waals surface area contributed by atoms with Crippen molar-refractivity contribution in [1.82, 2.24) is 9.80 Å². The lowest BCUT2D eigenvalue weighted by Gasteiger charge is -2.42. The van der Waals surface area contributed by atoms with E-state index in [0.29, 0.717) is 12.1 Å². The maximum Gasteiger partial charge on any atom is 0.127 e. The van der Waals surface area contributed by atoms with Crippen LogP contribution in [-0.2, 0) is 6.54 Å². The molecule has 0 aliphatic carbocycles. The first-order chi connectivity index (χ1) is 8.74. The van der Waals surface area contributed by atoms with Crippen LogP contribution in [0.4, 0.5) is 4.39 Å². The van der Waals surface area contributed by atoms with E-state index in [1.165, 1.54) is 19.4 Å². The molecule has 1 aromatic carbocycles. The summed E-state index contributed by atoms with van der Waals surface area (Å²) in [5.41, 5.74) is 0.829. The summed E-state index contributed by atoms with van der Waals surface area (Å²) >= 11 is 0. The van der Waals surface area contributed by atoms with Crippen LogP contribution in [0.25, 0.3) is 0 Å². The highest BCUT2D eigenvalue weighted by atomic mass is 19.1. The number of halogens is 1. The van der Waals surface area contributed by atoms with Gasteiger partial charge in [-0.2, -0.15) is 0 Å². The number of hydrogen-bond donors (Lipinski definition) is 0. The molecule has 0 bridgehead atoms. The summed E-state index contributed by atoms with van der Waals surface area (Å²) in [4.78, 5) is 5.04. The first-order valence-corrected chi connectivity index (χ1v) is 6.95. The largest absolute Gasteiger partial charge is 0.298 e. The van der Waals surface area contributed by atoms with E-state index >= 15 is 0 Å². The van der Waals surface area contributed by atoms with Crippen molar-refractivity contribution >= 4 is 0 Å². The second-order valence-corrected chi connectivity index (χ2v) is 5.66. The summed E-state index contributed by atoms with van der Waals surface area (Å²) in [7, 11) is 0. The van der Waals surface area contributed by atoms with Crippen LogP contribution in [0.15, 0.2) is 24.3 Å². The Balaban J connectivity index is 1.71. The Morgan fingerprint density at radius 1 is 1.28 bits per heavy atom. The highest BCUT2D eigenvalue weighted by Crippen LogP contribution is 2.26. The number of fused-ring (bicyclic) bond motifs is 1. The van der Waals surface area contributed by atoms with Gasteiger partial charge in [-0.1, -0.05) is 18.2 Å². The molecule has 0 N–H and O–H groups in total. The summed E-state index contributed by atoms with van der Waals surface area (Å²) in [5, 5.41) is 0. The molecule has 2 unspecified atom stereocenters. The number of piperazine rings is 1. The maximum absolute atomic E-state index is 13.7. The lowest BCUT2D eigenvalue weighted by Crippen LogP contribution is -2.54. The Hall–Kier alpha value is -0.930. The van der Waals surface area contributed by atoms with Crippen LogP contribution in [0.2, 0.25) is 0 Å². The standard InChI is InChI=1S/C15H21FN2/c1-12-9-17-8-4-6-14(17)11-18(12)10-13-5-2-3-7-15(13)16/h2-3,5,7,12,14H,4,6,8-11H2,1H3. The molecule has 0 saturated carbocycles. The van der Waals surface area contributed by atoms with Gasteiger partial charge in [-0.05, 0) is 32.4 Å². The fraction of sp³-hybridized carbons (Fsp3) is 0.600. The molecule has 2 saturated heterocycles. The van der Waals surface area contributed by atoms with Crippen molar-refractivity contribution in [2.24, 2.45) is 0 Å². The quantitative estimate of drug-likeness (QED) is 0.793. The molecule has 2 nitrogen and oxygen atoms in total. The molecule has 2 fully saturated rings. The van der Waals surface area contributed by atoms with E-state index in [2.05, 4.69) is 16.7 Å². The molecule has 1 aromatic rings. The second kappa shape index (κ2) is 4.98. The average molecular weight is 248 g/mol. The van der Waals surface area contributed by atoms with Crippen molar-refractivity contribution in [3.8, 4) is 0 Å². The van der Waals surface area contributed by atoms with Crippen LogP contribution in [0, 0.1) is 5.82 Å². The van der Waals surface area contributed by atoms with Gasteiger partial charge in [-0.25, -0.2) is 4.39 Å². The maximum atomic E-state index is 13.7. The Morgan fingerprint density at radius 3 is 2.94 bits per heavy atom. The van der Waals surface area contributed by atoms with E-state index in [1.807, 2.05) is 12.1 Å². The number of hydrogen-bond acceptors (Lipinski definition) is 2. The molecule has 0 spiro atoms. The minimum absolute atomic E-state index is 0.0708. The zero-order valence-electron chi connectivity index (χ0n) is 11.0. The predicted molar refractivity (Wildman–Crippen MR) is 70.9 cm³/mol. The van der Waals surface area contributed by atoms with E-state index in [0.717, 1.165) is 25.2 Å². The summed E-state index contributed by atoms with van der Waals surface area (Å²) in [5.74, 6) is -0.0708. The molecule has 2 aliphatic heterocycles. The fourth-order valence-corrected chi connectivity index (χ4v) is 3.31. The molecule has 2 heterocycles. The third kappa shape index (κ3) is 2.29. The molecular weight excluding hydrogens is 227 g/mol. The predicted octanol–water partition coefficient (Wildman–Crippen LogP) is 2.49. The third-order valence-electron chi connectivity index (χ3n) is 4.40. The first kappa shape index (κ1) is 12.1. The molecular formula is C15H21FN2. The molecule has 3 heteroatoms. The van der Waals surface area contributed by atoms with Gasteiger partial charge in [0.1, 0.15) is 5.82 Å². The highest BCUT2D eigenvalue weighted by Gasteiger charge is 2.34. The number of nitrogens with zero attached hydrogens (tertiary/aromatic N) is 2. The Kier molecular flexibility index (Phi) is 3.35. The smallest absolute Gasteiger partial charge is 0.127 e. The third-order valence-corrected chi connectivity index (χ3v) is 4.40. The molecule has 18 heavy (non-hydrogen) atoms. The van der Waals surface area contributed by atoms with Crippen LogP contribution in [0.1, 0.15) is 25.3 Å². The van der Waals surface area contributed by atoms with Gasteiger partial charge in [0.25, 0.3) is 0 Å². The molecule has 3 rings (SSSR count). The fourth-order valence-electron chi connectivity index (χ4n) is 3.31. The Labute approximate surface area is 108 Å². The Bertz CT molecular complexity index is 421. The van der Waals surface area contributed by atoms with Gasteiger partial charge >= 0.3 is 0 Å². The van der Waals surface area contributed by atoms with E-state index in [4.69, 9.17) is 0 Å². The van der Waals surface area contributed by atoms with Gasteiger partial charge in [0.15, 0.2) is 0 Å². The normalized spacial score (nSPS) is 29.4. The summed E-state index contributed by atoms with van der Waals surface area (Å²) in [6, 6.07) is 8.38. The van der Waals surface area contributed by atoms with Crippen LogP contribution in [-0.4, -0.2) is 41.5 Å². The topological polar surface area (TPSA) is 6.48 Å². The van der Waals surface area contributed by atoms with Crippen LogP contribution in [0.5, 0.6) is 0 Å². The zero-order valence-corrected chi connectivity index (χ0v) is 11.0. The summed E-state index contributed by atoms with van der Waals surface area (Å²) in [6.45, 7) is 6.49. The first-order valence-electron chi connectivity index (χ1n) is 6.95. The van der Waals surface area contributed by atoms with Crippen LogP contribution >= 0.6 is 0 Å². The van der Waals surface area contributed by atoms with Crippen molar-refractivity contribution in [3.63, 3.8) is 0 Å². The molecule has 0 amide bonds. The lowest BCUT2D eigenvalue weighted by molar-refractivity contribution is 0.0533. The van der Waals surface area contributed by atoms with Gasteiger partial charge < -0.3 is 0 Å². The van der Waals surface area contributed by atoms with Gasteiger partial charge in [0.05, 0.1) is 0 Å². The molecule has 98 valence electrons. The van der Waals surface area contributed by atoms with Gasteiger partial charge in [-0.3, -0.25) is 9.80 Å². The minimum atomic E-state index is -0.0708. The van der Waals surface area contributed by atoms with Crippen molar-refractivity contribution in [2.45, 2.75) is 38.4 Å². The average Bonchev–Trinajstić information content (AvgIpc) is 2.79. The Morgan fingerprint density at radius 2 is 2.11 bits per heavy atom. The van der Waals surface area contributed by atoms with Gasteiger partial charge in [0, 0.05) is 37.3 Å². The molecule has 0 radical (unpaired) electrons. The van der Waals surface area contributed by atoms with E-state index in [1.54, 1.807) is 12.1 Å². The van der Waals surface area contributed by atoms with Crippen LogP contribution < -0.4 is 0 Å². The van der Waals surface area contributed by atoms with E-state index in [9.17, 15) is 4.39 Å². The van der Waals surface area contributed by atoms with Gasteiger partial charge in [0.2, 0.25) is 0 Å². The molecule has 0 aromatic heterocycles. The second-order valence-electron chi connectivity index (χ2n) is 5.66. The monoisotopic (exact) mass is 248 g/mol. The summed E-state index contributed by atoms with van der Waals surface area (Å²) in [6.07, 6.45) is 2.63. The van der Waals surface area contributed by atoms with E-state index < -0.39 is 0 Å². The number of rotatable bonds is 2. The molecule has 2 atom stereocenters.